The average molecular weight is 602 g/mol. The lowest BCUT2D eigenvalue weighted by atomic mass is 9.82. The van der Waals surface area contributed by atoms with Crippen molar-refractivity contribution in [3.8, 4) is 23.0 Å². The first-order valence-electron chi connectivity index (χ1n) is 14.1. The van der Waals surface area contributed by atoms with E-state index in [0.29, 0.717) is 45.7 Å². The highest BCUT2D eigenvalue weighted by Gasteiger charge is 2.25. The predicted octanol–water partition coefficient (Wildman–Crippen LogP) is 6.16. The molecule has 0 heterocycles. The van der Waals surface area contributed by atoms with Crippen molar-refractivity contribution in [2.24, 2.45) is 11.8 Å². The van der Waals surface area contributed by atoms with Gasteiger partial charge in [0, 0.05) is 54.8 Å². The normalized spacial score (nSPS) is 15.9. The summed E-state index contributed by atoms with van der Waals surface area (Å²) < 4.78 is 12.1. The Kier molecular flexibility index (Phi) is 10.1. The van der Waals surface area contributed by atoms with Gasteiger partial charge in [-0.05, 0) is 80.1 Å². The zero-order valence-electron chi connectivity index (χ0n) is 24.7. The number of carbonyl (C=O) groups is 3. The van der Waals surface area contributed by atoms with Gasteiger partial charge >= 0.3 is 0 Å². The number of ether oxygens (including phenoxy) is 2. The van der Waals surface area contributed by atoms with Gasteiger partial charge in [0.05, 0.1) is 0 Å². The van der Waals surface area contributed by atoms with E-state index in [-0.39, 0.29) is 33.6 Å². The summed E-state index contributed by atoms with van der Waals surface area (Å²) in [5.74, 6) is -0.219. The van der Waals surface area contributed by atoms with Gasteiger partial charge in [0.25, 0.3) is 0 Å². The van der Waals surface area contributed by atoms with Gasteiger partial charge in [0.2, 0.25) is 17.7 Å². The van der Waals surface area contributed by atoms with E-state index in [1.807, 2.05) is 0 Å². The second kappa shape index (κ2) is 13.9. The minimum atomic E-state index is -0.691. The van der Waals surface area contributed by atoms with Crippen LogP contribution in [0.5, 0.6) is 23.0 Å². The van der Waals surface area contributed by atoms with Gasteiger partial charge in [-0.3, -0.25) is 35.6 Å². The average Bonchev–Trinajstić information content (AvgIpc) is 3.00. The summed E-state index contributed by atoms with van der Waals surface area (Å²) in [7, 11) is 0. The van der Waals surface area contributed by atoms with Crippen molar-refractivity contribution in [3.63, 3.8) is 0 Å². The van der Waals surface area contributed by atoms with E-state index in [2.05, 4.69) is 12.2 Å². The molecule has 0 spiro atoms. The van der Waals surface area contributed by atoms with Gasteiger partial charge in [0.15, 0.2) is 11.7 Å². The summed E-state index contributed by atoms with van der Waals surface area (Å²) in [6, 6.07) is 17.4. The Morgan fingerprint density at radius 2 is 1.11 bits per heavy atom. The molecule has 0 saturated heterocycles. The summed E-state index contributed by atoms with van der Waals surface area (Å²) in [5.41, 5.74) is 1.06. The molecule has 0 bridgehead atoms. The van der Waals surface area contributed by atoms with Gasteiger partial charge in [-0.15, -0.1) is 0 Å². The molecule has 0 radical (unpaired) electrons. The van der Waals surface area contributed by atoms with Crippen LogP contribution in [0.25, 0.3) is 0 Å². The van der Waals surface area contributed by atoms with Crippen molar-refractivity contribution < 1.29 is 34.3 Å². The molecule has 1 saturated carbocycles. The van der Waals surface area contributed by atoms with Gasteiger partial charge in [-0.25, -0.2) is 0 Å². The molecule has 1 aliphatic rings. The number of benzene rings is 3. The molecule has 1 fully saturated rings. The standard InChI is InChI=1S/C32H35N5O7/c1-19-4-6-24(7-5-19)32(40)35-25-16-28(43-26-12-8-22(9-13-26)30(33)36(41)20(2)38)18-29(17-25)44-27-14-10-23(11-15-27)31(34)37(42)21(3)39/h8-19,24,33-34,41-42H,4-7H2,1-3H3,(H,35,40). The maximum atomic E-state index is 13.1. The lowest BCUT2D eigenvalue weighted by Crippen LogP contribution is -2.31. The van der Waals surface area contributed by atoms with Crippen LogP contribution < -0.4 is 14.8 Å². The number of anilines is 1. The Morgan fingerprint density at radius 3 is 1.50 bits per heavy atom. The van der Waals surface area contributed by atoms with Crippen LogP contribution in [0.1, 0.15) is 57.6 Å². The molecule has 1 aliphatic carbocycles. The molecule has 12 nitrogen and oxygen atoms in total. The maximum absolute atomic E-state index is 13.1. The maximum Gasteiger partial charge on any atom is 0.249 e. The topological polar surface area (TPSA) is 176 Å². The minimum Gasteiger partial charge on any atom is -0.457 e. The van der Waals surface area contributed by atoms with Crippen molar-refractivity contribution in [2.45, 2.75) is 46.5 Å². The number of nitrogens with zero attached hydrogens (tertiary/aromatic N) is 2. The van der Waals surface area contributed by atoms with E-state index in [1.165, 1.54) is 24.3 Å². The zero-order chi connectivity index (χ0) is 32.0. The summed E-state index contributed by atoms with van der Waals surface area (Å²) in [6.07, 6.45) is 3.63. The molecular formula is C32H35N5O7. The van der Waals surface area contributed by atoms with Crippen molar-refractivity contribution in [1.82, 2.24) is 10.1 Å². The summed E-state index contributed by atoms with van der Waals surface area (Å²) in [5, 5.41) is 38.9. The van der Waals surface area contributed by atoms with Gasteiger partial charge in [0.1, 0.15) is 23.0 Å². The fourth-order valence-electron chi connectivity index (χ4n) is 4.72. The molecule has 5 N–H and O–H groups in total. The molecule has 3 amide bonds. The quantitative estimate of drug-likeness (QED) is 0.0888. The molecule has 0 aliphatic heterocycles. The third kappa shape index (κ3) is 8.06. The molecule has 12 heteroatoms. The zero-order valence-corrected chi connectivity index (χ0v) is 24.7. The molecule has 0 unspecified atom stereocenters. The number of hydroxylamine groups is 4. The second-order valence-corrected chi connectivity index (χ2v) is 10.8. The van der Waals surface area contributed by atoms with Crippen molar-refractivity contribution in [1.29, 1.82) is 10.8 Å². The Hall–Kier alpha value is -5.07. The van der Waals surface area contributed by atoms with E-state index in [1.54, 1.807) is 42.5 Å². The van der Waals surface area contributed by atoms with E-state index in [9.17, 15) is 24.8 Å². The van der Waals surface area contributed by atoms with Crippen LogP contribution >= 0.6 is 0 Å². The first-order valence-corrected chi connectivity index (χ1v) is 14.1. The van der Waals surface area contributed by atoms with Crippen LogP contribution in [-0.4, -0.2) is 49.9 Å². The second-order valence-electron chi connectivity index (χ2n) is 10.8. The fraction of sp³-hybridized carbons (Fsp3) is 0.281. The van der Waals surface area contributed by atoms with E-state index < -0.39 is 11.8 Å². The number of hydrogen-bond acceptors (Lipinski definition) is 9. The summed E-state index contributed by atoms with van der Waals surface area (Å²) in [4.78, 5) is 35.9. The largest absolute Gasteiger partial charge is 0.457 e. The third-order valence-corrected chi connectivity index (χ3v) is 7.28. The van der Waals surface area contributed by atoms with Gasteiger partial charge in [-0.2, -0.15) is 10.1 Å². The fourth-order valence-corrected chi connectivity index (χ4v) is 4.72. The first-order chi connectivity index (χ1) is 20.9. The lowest BCUT2D eigenvalue weighted by Gasteiger charge is -2.25. The highest BCUT2D eigenvalue weighted by molar-refractivity contribution is 6.05. The molecule has 44 heavy (non-hydrogen) atoms. The molecular weight excluding hydrogens is 566 g/mol. The highest BCUT2D eigenvalue weighted by Crippen LogP contribution is 2.34. The molecule has 4 rings (SSSR count). The van der Waals surface area contributed by atoms with Gasteiger partial charge < -0.3 is 14.8 Å². The number of amides is 3. The molecule has 3 aromatic carbocycles. The van der Waals surface area contributed by atoms with E-state index in [4.69, 9.17) is 20.3 Å². The van der Waals surface area contributed by atoms with Crippen molar-refractivity contribution in [2.75, 3.05) is 5.32 Å². The molecule has 3 aromatic rings. The van der Waals surface area contributed by atoms with Crippen molar-refractivity contribution >= 4 is 35.1 Å². The minimum absolute atomic E-state index is 0.0798. The van der Waals surface area contributed by atoms with Crippen LogP contribution in [-0.2, 0) is 14.4 Å². The predicted molar refractivity (Wildman–Crippen MR) is 161 cm³/mol. The van der Waals surface area contributed by atoms with E-state index in [0.717, 1.165) is 39.5 Å². The number of amidine groups is 2. The van der Waals surface area contributed by atoms with Crippen LogP contribution in [0.15, 0.2) is 66.7 Å². The monoisotopic (exact) mass is 601 g/mol. The van der Waals surface area contributed by atoms with Crippen molar-refractivity contribution in [3.05, 3.63) is 77.9 Å². The lowest BCUT2D eigenvalue weighted by molar-refractivity contribution is -0.147. The molecule has 230 valence electrons. The first kappa shape index (κ1) is 31.9. The third-order valence-electron chi connectivity index (χ3n) is 7.28. The number of carbonyl (C=O) groups excluding carboxylic acids is 3. The summed E-state index contributed by atoms with van der Waals surface area (Å²) >= 11 is 0. The van der Waals surface area contributed by atoms with Crippen LogP contribution in [0.3, 0.4) is 0 Å². The number of rotatable bonds is 8. The Balaban J connectivity index is 1.56. The highest BCUT2D eigenvalue weighted by atomic mass is 16.5. The van der Waals surface area contributed by atoms with Gasteiger partial charge in [-0.1, -0.05) is 6.92 Å². The summed E-state index contributed by atoms with van der Waals surface area (Å²) in [6.45, 7) is 4.47. The van der Waals surface area contributed by atoms with Crippen LogP contribution in [0.4, 0.5) is 5.69 Å². The van der Waals surface area contributed by atoms with Crippen LogP contribution in [0, 0.1) is 22.7 Å². The number of nitrogens with one attached hydrogen (secondary N) is 3. The van der Waals surface area contributed by atoms with E-state index >= 15 is 0 Å². The molecule has 0 aromatic heterocycles. The Bertz CT molecular complexity index is 1450. The SMILES string of the molecule is CC(=O)N(O)C(=N)c1ccc(Oc2cc(NC(=O)C3CCC(C)CC3)cc(Oc3ccc(C(=N)N(O)C(C)=O)cc3)c2)cc1. The van der Waals surface area contributed by atoms with Crippen LogP contribution in [0.2, 0.25) is 0 Å². The Morgan fingerprint density at radius 1 is 0.705 bits per heavy atom. The Labute approximate surface area is 254 Å². The number of hydrogen-bond donors (Lipinski definition) is 5. The smallest absolute Gasteiger partial charge is 0.249 e. The molecule has 0 atom stereocenters.